The number of non-ortho nitro benzene ring substituents is 1. The van der Waals surface area contributed by atoms with Crippen molar-refractivity contribution >= 4 is 40.6 Å². The molecular formula is C11H10Cl2N2O5. The summed E-state index contributed by atoms with van der Waals surface area (Å²) < 4.78 is 0. The van der Waals surface area contributed by atoms with Gasteiger partial charge in [0.2, 0.25) is 0 Å². The summed E-state index contributed by atoms with van der Waals surface area (Å²) in [6.07, 6.45) is 0. The van der Waals surface area contributed by atoms with Crippen LogP contribution >= 0.6 is 23.2 Å². The van der Waals surface area contributed by atoms with E-state index in [1.54, 1.807) is 0 Å². The number of rotatable bonds is 6. The van der Waals surface area contributed by atoms with E-state index in [4.69, 9.17) is 28.3 Å². The van der Waals surface area contributed by atoms with Crippen molar-refractivity contribution in [2.24, 2.45) is 0 Å². The van der Waals surface area contributed by atoms with Crippen molar-refractivity contribution in [3.63, 3.8) is 0 Å². The zero-order chi connectivity index (χ0) is 15.3. The molecule has 0 heterocycles. The zero-order valence-electron chi connectivity index (χ0n) is 9.95. The number of ketones is 1. The summed E-state index contributed by atoms with van der Waals surface area (Å²) in [4.78, 5) is 31.8. The summed E-state index contributed by atoms with van der Waals surface area (Å²) in [7, 11) is 0. The van der Waals surface area contributed by atoms with E-state index in [1.165, 1.54) is 12.1 Å². The summed E-state index contributed by atoms with van der Waals surface area (Å²) in [5, 5.41) is 21.8. The highest BCUT2D eigenvalue weighted by Gasteiger charge is 2.24. The first-order valence-corrected chi connectivity index (χ1v) is 6.22. The summed E-state index contributed by atoms with van der Waals surface area (Å²) in [6.45, 7) is -0.651. The van der Waals surface area contributed by atoms with Gasteiger partial charge in [0.15, 0.2) is 10.6 Å². The molecule has 2 N–H and O–H groups in total. The quantitative estimate of drug-likeness (QED) is 0.352. The molecule has 108 valence electrons. The van der Waals surface area contributed by atoms with Gasteiger partial charge >= 0.3 is 0 Å². The number of hydrogen-bond acceptors (Lipinski definition) is 5. The summed E-state index contributed by atoms with van der Waals surface area (Å²) in [5.74, 6) is -1.42. The summed E-state index contributed by atoms with van der Waals surface area (Å²) in [5.41, 5.74) is -0.0663. The lowest BCUT2D eigenvalue weighted by molar-refractivity contribution is -0.384. The Balaban J connectivity index is 2.85. The number of aliphatic hydroxyl groups excluding tert-OH is 1. The molecule has 0 aliphatic rings. The van der Waals surface area contributed by atoms with E-state index in [-0.39, 0.29) is 11.3 Å². The van der Waals surface area contributed by atoms with Gasteiger partial charge in [0.1, 0.15) is 6.04 Å². The first kappa shape index (κ1) is 16.4. The first-order valence-electron chi connectivity index (χ1n) is 5.35. The van der Waals surface area contributed by atoms with Crippen LogP contribution in [0.15, 0.2) is 24.3 Å². The number of halogens is 2. The molecule has 0 aliphatic carbocycles. The number of nitro groups is 1. The molecule has 0 aromatic heterocycles. The van der Waals surface area contributed by atoms with Crippen LogP contribution in [0, 0.1) is 10.1 Å². The van der Waals surface area contributed by atoms with Gasteiger partial charge in [-0.1, -0.05) is 23.2 Å². The molecule has 1 atom stereocenters. The van der Waals surface area contributed by atoms with Crippen LogP contribution in [0.1, 0.15) is 10.4 Å². The van der Waals surface area contributed by atoms with Crippen molar-refractivity contribution in [2.75, 3.05) is 6.61 Å². The van der Waals surface area contributed by atoms with Crippen molar-refractivity contribution in [3.8, 4) is 0 Å². The van der Waals surface area contributed by atoms with Gasteiger partial charge in [-0.3, -0.25) is 19.7 Å². The van der Waals surface area contributed by atoms with Crippen LogP contribution in [0.2, 0.25) is 0 Å². The molecule has 1 aromatic carbocycles. The highest BCUT2D eigenvalue weighted by molar-refractivity contribution is 6.53. The lowest BCUT2D eigenvalue weighted by Crippen LogP contribution is -2.45. The molecule has 0 aliphatic heterocycles. The Hall–Kier alpha value is -1.70. The highest BCUT2D eigenvalue weighted by atomic mass is 35.5. The number of nitrogens with one attached hydrogen (secondary N) is 1. The molecule has 0 fully saturated rings. The lowest BCUT2D eigenvalue weighted by Gasteiger charge is -2.15. The normalized spacial score (nSPS) is 12.0. The average Bonchev–Trinajstić information content (AvgIpc) is 2.43. The van der Waals surface area contributed by atoms with Gasteiger partial charge in [-0.2, -0.15) is 0 Å². The molecule has 20 heavy (non-hydrogen) atoms. The fraction of sp³-hybridized carbons (Fsp3) is 0.273. The van der Waals surface area contributed by atoms with Crippen molar-refractivity contribution < 1.29 is 19.6 Å². The maximum absolute atomic E-state index is 12.0. The van der Waals surface area contributed by atoms with Gasteiger partial charge in [0.05, 0.1) is 11.5 Å². The maximum Gasteiger partial charge on any atom is 0.269 e. The Kier molecular flexibility index (Phi) is 5.87. The van der Waals surface area contributed by atoms with Gasteiger partial charge in [-0.25, -0.2) is 0 Å². The zero-order valence-corrected chi connectivity index (χ0v) is 11.5. The second kappa shape index (κ2) is 7.18. The van der Waals surface area contributed by atoms with Crippen LogP contribution in [0.5, 0.6) is 0 Å². The summed E-state index contributed by atoms with van der Waals surface area (Å²) >= 11 is 10.6. The molecule has 0 radical (unpaired) electrons. The molecule has 1 rings (SSSR count). The third-order valence-corrected chi connectivity index (χ3v) is 2.77. The van der Waals surface area contributed by atoms with Gasteiger partial charge in [-0.05, 0) is 12.1 Å². The molecule has 0 bridgehead atoms. The number of nitrogens with zero attached hydrogens (tertiary/aromatic N) is 1. The van der Waals surface area contributed by atoms with Crippen LogP contribution in [-0.2, 0) is 4.79 Å². The molecule has 0 unspecified atom stereocenters. The van der Waals surface area contributed by atoms with E-state index in [9.17, 15) is 19.7 Å². The summed E-state index contributed by atoms with van der Waals surface area (Å²) in [6, 6.07) is 3.54. The standard InChI is InChI=1S/C11H10Cl2N2O5/c12-10(13)11(18)14-8(5-16)9(17)6-1-3-7(4-2-6)15(19)20/h1-4,8,10,16H,5H2,(H,14,18)/t8-/m0/s1. The topological polar surface area (TPSA) is 110 Å². The molecule has 9 heteroatoms. The molecule has 7 nitrogen and oxygen atoms in total. The second-order valence-electron chi connectivity index (χ2n) is 3.71. The third kappa shape index (κ3) is 4.16. The molecule has 0 saturated carbocycles. The number of carbonyl (C=O) groups is 2. The fourth-order valence-electron chi connectivity index (χ4n) is 1.38. The molecule has 0 saturated heterocycles. The van der Waals surface area contributed by atoms with E-state index >= 15 is 0 Å². The van der Waals surface area contributed by atoms with E-state index in [0.717, 1.165) is 12.1 Å². The number of amides is 1. The number of Topliss-reactive ketones (excluding diaryl/α,β-unsaturated/α-hetero) is 1. The second-order valence-corrected chi connectivity index (χ2v) is 4.81. The van der Waals surface area contributed by atoms with E-state index in [1.807, 2.05) is 0 Å². The maximum atomic E-state index is 12.0. The minimum Gasteiger partial charge on any atom is -0.394 e. The molecular weight excluding hydrogens is 311 g/mol. The molecule has 1 aromatic rings. The van der Waals surface area contributed by atoms with Crippen molar-refractivity contribution in [3.05, 3.63) is 39.9 Å². The van der Waals surface area contributed by atoms with Crippen molar-refractivity contribution in [1.29, 1.82) is 0 Å². The fourth-order valence-corrected chi connectivity index (χ4v) is 1.50. The largest absolute Gasteiger partial charge is 0.394 e. The Morgan fingerprint density at radius 3 is 2.25 bits per heavy atom. The predicted octanol–water partition coefficient (Wildman–Crippen LogP) is 1.06. The van der Waals surface area contributed by atoms with E-state index in [0.29, 0.717) is 0 Å². The highest BCUT2D eigenvalue weighted by Crippen LogP contribution is 2.13. The number of benzene rings is 1. The van der Waals surface area contributed by atoms with Crippen LogP contribution in [0.4, 0.5) is 5.69 Å². The Morgan fingerprint density at radius 1 is 1.30 bits per heavy atom. The Morgan fingerprint density at radius 2 is 1.85 bits per heavy atom. The van der Waals surface area contributed by atoms with Crippen molar-refractivity contribution in [1.82, 2.24) is 5.32 Å². The molecule has 0 spiro atoms. The van der Waals surface area contributed by atoms with Crippen LogP contribution in [0.25, 0.3) is 0 Å². The monoisotopic (exact) mass is 320 g/mol. The smallest absolute Gasteiger partial charge is 0.269 e. The lowest BCUT2D eigenvalue weighted by atomic mass is 10.0. The minimum absolute atomic E-state index is 0.107. The Labute approximate surface area is 123 Å². The average molecular weight is 321 g/mol. The van der Waals surface area contributed by atoms with Gasteiger partial charge in [-0.15, -0.1) is 0 Å². The van der Waals surface area contributed by atoms with Gasteiger partial charge < -0.3 is 10.4 Å². The van der Waals surface area contributed by atoms with Crippen LogP contribution in [0.3, 0.4) is 0 Å². The predicted molar refractivity (Wildman–Crippen MR) is 71.9 cm³/mol. The number of carbonyl (C=O) groups excluding carboxylic acids is 2. The van der Waals surface area contributed by atoms with E-state index < -0.39 is 34.1 Å². The molecule has 1 amide bonds. The minimum atomic E-state index is -1.37. The van der Waals surface area contributed by atoms with Gasteiger partial charge in [0.25, 0.3) is 11.6 Å². The number of alkyl halides is 2. The third-order valence-electron chi connectivity index (χ3n) is 2.38. The van der Waals surface area contributed by atoms with Crippen LogP contribution in [-0.4, -0.2) is 39.2 Å². The van der Waals surface area contributed by atoms with Crippen molar-refractivity contribution in [2.45, 2.75) is 10.9 Å². The van der Waals surface area contributed by atoms with Crippen LogP contribution < -0.4 is 5.32 Å². The number of nitro benzene ring substituents is 1. The first-order chi connectivity index (χ1) is 9.36. The van der Waals surface area contributed by atoms with Gasteiger partial charge in [0, 0.05) is 17.7 Å². The number of aliphatic hydroxyl groups is 1. The Bertz CT molecular complexity index is 518. The number of hydrogen-bond donors (Lipinski definition) is 2. The van der Waals surface area contributed by atoms with E-state index in [2.05, 4.69) is 5.32 Å². The SMILES string of the molecule is O=C(N[C@@H](CO)C(=O)c1ccc([N+](=O)[O-])cc1)C(Cl)Cl.